The summed E-state index contributed by atoms with van der Waals surface area (Å²) in [6.45, 7) is -13.8. The van der Waals surface area contributed by atoms with E-state index in [0.717, 1.165) is 0 Å². The van der Waals surface area contributed by atoms with Gasteiger partial charge in [0.1, 0.15) is 49.1 Å². The van der Waals surface area contributed by atoms with Gasteiger partial charge < -0.3 is 59.8 Å². The topological polar surface area (TPSA) is 236 Å². The maximum Gasteiger partial charge on any atom is 0.469 e. The molecule has 0 bridgehead atoms. The molecule has 0 saturated carbocycles. The second-order valence-electron chi connectivity index (χ2n) is 4.36. The molecule has 0 aromatic heterocycles. The molecule has 0 amide bonds. The lowest BCUT2D eigenvalue weighted by Crippen LogP contribution is -2.62. The van der Waals surface area contributed by atoms with Gasteiger partial charge >= 0.3 is 7.82 Å². The summed E-state index contributed by atoms with van der Waals surface area (Å²) in [7, 11) is -6.13. The van der Waals surface area contributed by atoms with Gasteiger partial charge in [0.15, 0.2) is 6.27 Å². The van der Waals surface area contributed by atoms with Crippen LogP contribution in [-0.4, -0.2) is 133 Å². The molecule has 27 heavy (non-hydrogen) atoms. The van der Waals surface area contributed by atoms with Crippen molar-refractivity contribution in [3.8, 4) is 0 Å². The van der Waals surface area contributed by atoms with E-state index in [1.54, 1.807) is 0 Å². The van der Waals surface area contributed by atoms with Gasteiger partial charge in [-0.15, -0.1) is 0 Å². The average Bonchev–Trinajstić information content (AvgIpc) is 3.23. The molecule has 160 valence electrons. The van der Waals surface area contributed by atoms with Crippen LogP contribution >= 0.6 is 7.82 Å². The molecule has 0 aromatic rings. The Balaban J connectivity index is 3.35. The van der Waals surface area contributed by atoms with E-state index < -0.39 is 82.1 Å². The largest absolute Gasteiger partial charge is 0.469 e. The van der Waals surface area contributed by atoms with E-state index in [2.05, 4.69) is 54.8 Å². The van der Waals surface area contributed by atoms with Crippen LogP contribution in [-0.2, 0) is 23.3 Å². The highest BCUT2D eigenvalue weighted by atomic mass is 31.2. The zero-order valence-electron chi connectivity index (χ0n) is 35.2. The third-order valence-electron chi connectivity index (χ3n) is 2.67. The number of hydrogen-bond donors (Lipinski definition) is 9. The molecule has 0 aromatic carbocycles. The van der Waals surface area contributed by atoms with E-state index in [1.807, 2.05) is 0 Å². The predicted molar refractivity (Wildman–Crippen MR) is 79.6 cm³/mol. The number of rotatable bonds is 16. The van der Waals surface area contributed by atoms with Crippen molar-refractivity contribution in [2.24, 2.45) is 0 Å². The van der Waals surface area contributed by atoms with Gasteiger partial charge in [-0.1, -0.05) is 0 Å². The summed E-state index contributed by atoms with van der Waals surface area (Å²) >= 11 is 0. The van der Waals surface area contributed by atoms with E-state index in [0.29, 0.717) is 0 Å². The first-order valence-electron chi connectivity index (χ1n) is 16.8. The molecular weight excluding hydrogens is 399 g/mol. The predicted octanol–water partition coefficient (Wildman–Crippen LogP) is -5.28. The molecule has 0 unspecified atom stereocenters. The zero-order valence-corrected chi connectivity index (χ0v) is 13.1. The van der Waals surface area contributed by atoms with Crippen molar-refractivity contribution in [1.29, 1.82) is 12.9 Å². The van der Waals surface area contributed by atoms with Gasteiger partial charge in [-0.2, -0.15) is 0 Å². The van der Waals surface area contributed by atoms with Crippen LogP contribution < -0.4 is 0 Å². The summed E-state index contributed by atoms with van der Waals surface area (Å²) in [4.78, 5) is 6.94. The second-order valence-corrected chi connectivity index (χ2v) is 5.44. The van der Waals surface area contributed by atoms with Crippen LogP contribution in [0, 0.1) is 0 Å². The number of aliphatic hydroxyl groups is 7. The first-order chi connectivity index (χ1) is 22.4. The van der Waals surface area contributed by atoms with Crippen LogP contribution in [0.1, 0.15) is 19.2 Å². The summed E-state index contributed by atoms with van der Waals surface area (Å²) in [5, 5.41) is 26.8. The van der Waals surface area contributed by atoms with E-state index in [4.69, 9.17) is 41.5 Å². The first kappa shape index (κ1) is 6.87. The quantitative estimate of drug-likeness (QED) is 0.101. The molecule has 2 saturated heterocycles. The third-order valence-corrected chi connectivity index (χ3v) is 2.98. The fourth-order valence-electron chi connectivity index (χ4n) is 1.58. The Morgan fingerprint density at radius 1 is 1.04 bits per heavy atom. The average molecular weight is 445 g/mol. The number of phosphoric acid groups is 1. The Bertz CT molecular complexity index is 1300. The number of phosphoric ester groups is 1. The molecule has 0 spiro atoms. The molecule has 2 rings (SSSR count). The van der Waals surface area contributed by atoms with Crippen molar-refractivity contribution in [3.63, 3.8) is 0 Å². The van der Waals surface area contributed by atoms with Crippen molar-refractivity contribution >= 4 is 7.82 Å². The SMILES string of the molecule is [2H]OC([2H])([2H])[C@@]1([2H])O[C@]([2H])(O[C@]2(C([2H])([2H])OP(=O)(O[2H])O[2H])O[C@]([2H])(C([2H])([2H])O[2H])[C@@]([2H])(O[2H])[C@]2([2H])O[2H])[C@]([2H])(O[2H])[C@@]([2H])(O[2H])[C@]1([2H])O[2H]. The Morgan fingerprint density at radius 2 is 1.78 bits per heavy atom. The van der Waals surface area contributed by atoms with Gasteiger partial charge in [0.05, 0.1) is 32.3 Å². The van der Waals surface area contributed by atoms with E-state index in [-0.39, 0.29) is 0 Å². The van der Waals surface area contributed by atoms with Gasteiger partial charge in [0.25, 0.3) is 0 Å². The smallest absolute Gasteiger partial charge is 0.394 e. The van der Waals surface area contributed by atoms with Crippen LogP contribution in [0.2, 0.25) is 0 Å². The molecule has 0 radical (unpaired) electrons. The maximum atomic E-state index is 12.7. The summed E-state index contributed by atoms with van der Waals surface area (Å²) < 4.78 is 213. The second kappa shape index (κ2) is 8.61. The van der Waals surface area contributed by atoms with Gasteiger partial charge in [-0.3, -0.25) is 4.52 Å². The molecule has 2 aliphatic heterocycles. The minimum Gasteiger partial charge on any atom is -0.394 e. The minimum absolute atomic E-state index is 3.47. The van der Waals surface area contributed by atoms with E-state index in [9.17, 15) is 4.57 Å². The summed E-state index contributed by atoms with van der Waals surface area (Å²) in [6.07, 6.45) is -38.1. The van der Waals surface area contributed by atoms with Crippen molar-refractivity contribution in [1.82, 2.24) is 0 Å². The fourth-order valence-corrected chi connectivity index (χ4v) is 1.81. The molecule has 0 aliphatic carbocycles. The van der Waals surface area contributed by atoms with Crippen molar-refractivity contribution in [3.05, 3.63) is 0 Å². The number of ether oxygens (including phenoxy) is 3. The molecule has 9 N–H and O–H groups in total. The van der Waals surface area contributed by atoms with Crippen molar-refractivity contribution < 1.29 is 88.0 Å². The Hall–Kier alpha value is -0.290. The fraction of sp³-hybridized carbons (Fsp3) is 1.00. The Morgan fingerprint density at radius 3 is 2.41 bits per heavy atom. The van der Waals surface area contributed by atoms with Crippen LogP contribution in [0.25, 0.3) is 0 Å². The van der Waals surface area contributed by atoms with Crippen molar-refractivity contribution in [2.45, 2.75) is 54.6 Å². The summed E-state index contributed by atoms with van der Waals surface area (Å²) in [5.41, 5.74) is 0. The lowest BCUT2D eigenvalue weighted by Gasteiger charge is -2.43. The Labute approximate surface area is 185 Å². The minimum atomic E-state index is -6.13. The molecule has 2 aliphatic rings. The van der Waals surface area contributed by atoms with Crippen LogP contribution in [0.15, 0.2) is 0 Å². The standard InChI is InChI=1S/C12H23O14P/c13-1-4-6(15)8(17)9(18)11(24-4)26-12(3-23-27(20,21)22)10(19)7(16)5(2-14)25-12/h4-11,13-19H,1-3H2,(H2,20,21,22)/t4-,5-,6-,7-,8+,9-,10+,11-,12+/m1/s1/i1D2,2D2,3D2,4D,5D,6D,7D,8D,9D,10D,11D,13D,14D,15D,16D,17D,18D,19D/hD2. The molecule has 15 heteroatoms. The highest BCUT2D eigenvalue weighted by Gasteiger charge is 2.59. The molecule has 2 heterocycles. The lowest BCUT2D eigenvalue weighted by molar-refractivity contribution is -0.382. The van der Waals surface area contributed by atoms with Crippen LogP contribution in [0.5, 0.6) is 0 Å². The number of hydrogen-bond acceptors (Lipinski definition) is 14. The van der Waals surface area contributed by atoms with E-state index >= 15 is 0 Å². The maximum absolute atomic E-state index is 12.7. The molecule has 9 atom stereocenters. The molecule has 2 fully saturated rings. The monoisotopic (exact) mass is 445 g/mol. The van der Waals surface area contributed by atoms with Gasteiger partial charge in [-0.05, 0) is 0 Å². The van der Waals surface area contributed by atoms with Crippen LogP contribution in [0.3, 0.4) is 0 Å². The molecule has 14 nitrogen and oxygen atoms in total. The van der Waals surface area contributed by atoms with Crippen LogP contribution in [0.4, 0.5) is 0 Å². The van der Waals surface area contributed by atoms with Gasteiger partial charge in [-0.25, -0.2) is 4.57 Å². The normalized spacial score (nSPS) is 81.3. The summed E-state index contributed by atoms with van der Waals surface area (Å²) in [5.74, 6) is -5.21. The van der Waals surface area contributed by atoms with Crippen molar-refractivity contribution in [2.75, 3.05) is 19.7 Å². The molecular formula is C12H23O14P. The lowest BCUT2D eigenvalue weighted by atomic mass is 9.99. The highest BCUT2D eigenvalue weighted by molar-refractivity contribution is 7.46. The van der Waals surface area contributed by atoms with Gasteiger partial charge in [0, 0.05) is 0 Å². The Kier molecular flexibility index (Phi) is 2.19. The zero-order chi connectivity index (χ0) is 39.7. The van der Waals surface area contributed by atoms with Gasteiger partial charge in [0.2, 0.25) is 18.7 Å². The highest BCUT2D eigenvalue weighted by Crippen LogP contribution is 2.42. The third kappa shape index (κ3) is 4.83. The first-order valence-corrected chi connectivity index (χ1v) is 7.55. The summed E-state index contributed by atoms with van der Waals surface area (Å²) in [6, 6.07) is 0. The van der Waals surface area contributed by atoms with E-state index in [1.165, 1.54) is 0 Å².